The molecule has 3 amide bonds. The summed E-state index contributed by atoms with van der Waals surface area (Å²) in [7, 11) is 0. The Balaban J connectivity index is 1.43. The number of hydrogen-bond acceptors (Lipinski definition) is 4. The van der Waals surface area contributed by atoms with Gasteiger partial charge in [0, 0.05) is 30.9 Å². The van der Waals surface area contributed by atoms with Crippen molar-refractivity contribution in [2.75, 3.05) is 6.54 Å². The van der Waals surface area contributed by atoms with Crippen molar-refractivity contribution in [2.45, 2.75) is 19.5 Å². The summed E-state index contributed by atoms with van der Waals surface area (Å²) in [5.41, 5.74) is 1.44. The van der Waals surface area contributed by atoms with E-state index >= 15 is 0 Å². The summed E-state index contributed by atoms with van der Waals surface area (Å²) >= 11 is 0. The standard InChI is InChI=1S/C22H18F2N4O3/c23-22(24)27-11-10-25-18(27)8-9-26-19(29)15-6-7-16-17(12-15)21(31)28(20(16)30)13-14-4-2-1-3-5-14/h1-7,10-12,22H,8-9,13H2,(H,26,29). The number of carbonyl (C=O) groups excluding carboxylic acids is 3. The number of imide groups is 1. The molecule has 158 valence electrons. The molecule has 0 aliphatic carbocycles. The van der Waals surface area contributed by atoms with E-state index in [0.29, 0.717) is 0 Å². The fourth-order valence-electron chi connectivity index (χ4n) is 3.45. The maximum absolute atomic E-state index is 12.8. The molecule has 1 aliphatic heterocycles. The third kappa shape index (κ3) is 4.07. The van der Waals surface area contributed by atoms with Gasteiger partial charge < -0.3 is 5.32 Å². The first-order valence-corrected chi connectivity index (χ1v) is 9.58. The van der Waals surface area contributed by atoms with Gasteiger partial charge >= 0.3 is 6.55 Å². The van der Waals surface area contributed by atoms with Crippen LogP contribution in [-0.2, 0) is 13.0 Å². The Hall–Kier alpha value is -3.88. The topological polar surface area (TPSA) is 84.3 Å². The lowest BCUT2D eigenvalue weighted by atomic mass is 10.1. The number of fused-ring (bicyclic) bond motifs is 1. The highest BCUT2D eigenvalue weighted by molar-refractivity contribution is 6.22. The van der Waals surface area contributed by atoms with Gasteiger partial charge in [-0.3, -0.25) is 23.9 Å². The summed E-state index contributed by atoms with van der Waals surface area (Å²) in [4.78, 5) is 42.8. The van der Waals surface area contributed by atoms with Crippen molar-refractivity contribution < 1.29 is 23.2 Å². The van der Waals surface area contributed by atoms with E-state index in [-0.39, 0.29) is 42.0 Å². The number of amides is 3. The molecule has 9 heteroatoms. The molecule has 0 fully saturated rings. The molecule has 1 N–H and O–H groups in total. The van der Waals surface area contributed by atoms with Gasteiger partial charge in [0.15, 0.2) is 0 Å². The van der Waals surface area contributed by atoms with Crippen molar-refractivity contribution in [1.29, 1.82) is 0 Å². The van der Waals surface area contributed by atoms with Crippen molar-refractivity contribution in [3.63, 3.8) is 0 Å². The van der Waals surface area contributed by atoms with Crippen molar-refractivity contribution >= 4 is 17.7 Å². The predicted octanol–water partition coefficient (Wildman–Crippen LogP) is 3.05. The maximum Gasteiger partial charge on any atom is 0.319 e. The molecule has 7 nitrogen and oxygen atoms in total. The van der Waals surface area contributed by atoms with Crippen LogP contribution in [0.3, 0.4) is 0 Å². The molecular formula is C22H18F2N4O3. The number of alkyl halides is 2. The van der Waals surface area contributed by atoms with Gasteiger partial charge in [0.2, 0.25) is 0 Å². The van der Waals surface area contributed by atoms with E-state index in [4.69, 9.17) is 0 Å². The summed E-state index contributed by atoms with van der Waals surface area (Å²) < 4.78 is 26.4. The minimum atomic E-state index is -2.70. The molecule has 0 bridgehead atoms. The zero-order valence-corrected chi connectivity index (χ0v) is 16.3. The first kappa shape index (κ1) is 20.4. The third-order valence-electron chi connectivity index (χ3n) is 5.01. The summed E-state index contributed by atoms with van der Waals surface area (Å²) in [6, 6.07) is 13.4. The summed E-state index contributed by atoms with van der Waals surface area (Å²) in [5, 5.41) is 2.62. The van der Waals surface area contributed by atoms with Crippen LogP contribution in [0.1, 0.15) is 49.0 Å². The number of rotatable bonds is 7. The van der Waals surface area contributed by atoms with E-state index in [1.54, 1.807) is 0 Å². The number of carbonyl (C=O) groups is 3. The second-order valence-corrected chi connectivity index (χ2v) is 6.98. The SMILES string of the molecule is O=C(NCCc1nccn1C(F)F)c1ccc2c(c1)C(=O)N(Cc1ccccc1)C2=O. The van der Waals surface area contributed by atoms with Gasteiger partial charge in [-0.05, 0) is 23.8 Å². The largest absolute Gasteiger partial charge is 0.352 e. The molecule has 0 saturated heterocycles. The van der Waals surface area contributed by atoms with Gasteiger partial charge in [0.05, 0.1) is 17.7 Å². The molecule has 1 aliphatic rings. The minimum absolute atomic E-state index is 0.0899. The molecule has 0 saturated carbocycles. The third-order valence-corrected chi connectivity index (χ3v) is 5.01. The molecule has 0 spiro atoms. The number of aromatic nitrogens is 2. The molecule has 0 atom stereocenters. The lowest BCUT2D eigenvalue weighted by molar-refractivity contribution is 0.0639. The van der Waals surface area contributed by atoms with Crippen LogP contribution in [0.25, 0.3) is 0 Å². The Morgan fingerprint density at radius 2 is 1.77 bits per heavy atom. The van der Waals surface area contributed by atoms with Crippen LogP contribution < -0.4 is 5.32 Å². The molecule has 0 radical (unpaired) electrons. The van der Waals surface area contributed by atoms with Crippen molar-refractivity contribution in [1.82, 2.24) is 19.8 Å². The van der Waals surface area contributed by atoms with Gasteiger partial charge in [-0.1, -0.05) is 30.3 Å². The Labute approximate surface area is 176 Å². The molecule has 3 aromatic rings. The monoisotopic (exact) mass is 424 g/mol. The van der Waals surface area contributed by atoms with Crippen LogP contribution in [0.15, 0.2) is 60.9 Å². The molecule has 2 heterocycles. The van der Waals surface area contributed by atoms with Gasteiger partial charge in [0.1, 0.15) is 5.82 Å². The number of hydrogen-bond donors (Lipinski definition) is 1. The summed E-state index contributed by atoms with van der Waals surface area (Å²) in [6.07, 6.45) is 2.57. The van der Waals surface area contributed by atoms with Crippen LogP contribution in [0, 0.1) is 0 Å². The number of nitrogens with one attached hydrogen (secondary N) is 1. The lowest BCUT2D eigenvalue weighted by Crippen LogP contribution is -2.29. The van der Waals surface area contributed by atoms with Gasteiger partial charge in [-0.2, -0.15) is 8.78 Å². The van der Waals surface area contributed by atoms with Gasteiger partial charge in [-0.15, -0.1) is 0 Å². The van der Waals surface area contributed by atoms with Crippen molar-refractivity contribution in [2.24, 2.45) is 0 Å². The molecule has 31 heavy (non-hydrogen) atoms. The second kappa shape index (κ2) is 8.47. The zero-order valence-electron chi connectivity index (χ0n) is 16.3. The highest BCUT2D eigenvalue weighted by Gasteiger charge is 2.36. The maximum atomic E-state index is 12.8. The fraction of sp³-hybridized carbons (Fsp3) is 0.182. The average molecular weight is 424 g/mol. The first-order valence-electron chi connectivity index (χ1n) is 9.58. The predicted molar refractivity (Wildman–Crippen MR) is 107 cm³/mol. The quantitative estimate of drug-likeness (QED) is 0.591. The van der Waals surface area contributed by atoms with E-state index < -0.39 is 24.3 Å². The highest BCUT2D eigenvalue weighted by atomic mass is 19.3. The Bertz CT molecular complexity index is 1140. The summed E-state index contributed by atoms with van der Waals surface area (Å²) in [5.74, 6) is -1.19. The lowest BCUT2D eigenvalue weighted by Gasteiger charge is -2.13. The molecule has 1 aromatic heterocycles. The van der Waals surface area contributed by atoms with Crippen molar-refractivity contribution in [3.8, 4) is 0 Å². The second-order valence-electron chi connectivity index (χ2n) is 6.98. The van der Waals surface area contributed by atoms with E-state index in [9.17, 15) is 23.2 Å². The fourth-order valence-corrected chi connectivity index (χ4v) is 3.45. The Morgan fingerprint density at radius 3 is 2.52 bits per heavy atom. The number of nitrogens with zero attached hydrogens (tertiary/aromatic N) is 3. The smallest absolute Gasteiger partial charge is 0.319 e. The van der Waals surface area contributed by atoms with Gasteiger partial charge in [-0.25, -0.2) is 4.98 Å². The number of imidazole rings is 1. The normalized spacial score (nSPS) is 13.1. The molecule has 2 aromatic carbocycles. The van der Waals surface area contributed by atoms with Crippen LogP contribution in [-0.4, -0.2) is 38.7 Å². The molecule has 4 rings (SSSR count). The molecular weight excluding hydrogens is 406 g/mol. The van der Waals surface area contributed by atoms with E-state index in [2.05, 4.69) is 10.3 Å². The van der Waals surface area contributed by atoms with Gasteiger partial charge in [0.25, 0.3) is 17.7 Å². The number of benzene rings is 2. The zero-order chi connectivity index (χ0) is 22.0. The van der Waals surface area contributed by atoms with E-state index in [1.807, 2.05) is 30.3 Å². The Morgan fingerprint density at radius 1 is 1.03 bits per heavy atom. The molecule has 0 unspecified atom stereocenters. The van der Waals surface area contributed by atoms with Crippen LogP contribution in [0.5, 0.6) is 0 Å². The highest BCUT2D eigenvalue weighted by Crippen LogP contribution is 2.25. The van der Waals surface area contributed by atoms with E-state index in [1.165, 1.54) is 30.6 Å². The van der Waals surface area contributed by atoms with Crippen molar-refractivity contribution in [3.05, 3.63) is 89.0 Å². The summed E-state index contributed by atoms with van der Waals surface area (Å²) in [6.45, 7) is -2.47. The van der Waals surface area contributed by atoms with E-state index in [0.717, 1.165) is 15.0 Å². The first-order chi connectivity index (χ1) is 15.0. The van der Waals surface area contributed by atoms with Crippen LogP contribution in [0.2, 0.25) is 0 Å². The van der Waals surface area contributed by atoms with Crippen LogP contribution >= 0.6 is 0 Å². The van der Waals surface area contributed by atoms with Crippen LogP contribution in [0.4, 0.5) is 8.78 Å². The Kier molecular flexibility index (Phi) is 5.57. The average Bonchev–Trinajstić information content (AvgIpc) is 3.33. The minimum Gasteiger partial charge on any atom is -0.352 e. The number of halogens is 2.